The molecule has 2 heterocycles. The Balaban J connectivity index is 1.65. The molecule has 0 bridgehead atoms. The van der Waals surface area contributed by atoms with Crippen molar-refractivity contribution in [2.45, 2.75) is 19.9 Å². The van der Waals surface area contributed by atoms with Gasteiger partial charge in [0.05, 0.1) is 30.7 Å². The maximum atomic E-state index is 13.5. The number of fused-ring (bicyclic) bond motifs is 1. The molecule has 0 saturated heterocycles. The molecular weight excluding hydrogens is 399 g/mol. The molecule has 7 nitrogen and oxygen atoms in total. The average molecular weight is 420 g/mol. The molecule has 0 spiro atoms. The molecule has 0 atom stereocenters. The van der Waals surface area contributed by atoms with Crippen LogP contribution in [0.5, 0.6) is 11.5 Å². The van der Waals surface area contributed by atoms with Crippen molar-refractivity contribution in [3.05, 3.63) is 70.8 Å². The number of hydrogen-bond acceptors (Lipinski definition) is 5. The number of amides is 1. The highest BCUT2D eigenvalue weighted by molar-refractivity contribution is 6.00. The number of carbonyl (C=O) groups is 1. The van der Waals surface area contributed by atoms with E-state index in [1.807, 2.05) is 13.1 Å². The highest BCUT2D eigenvalue weighted by atomic mass is 19.1. The predicted molar refractivity (Wildman–Crippen MR) is 111 cm³/mol. The molecule has 1 aliphatic rings. The van der Waals surface area contributed by atoms with Gasteiger partial charge in [-0.15, -0.1) is 0 Å². The Kier molecular flexibility index (Phi) is 5.58. The van der Waals surface area contributed by atoms with Crippen molar-refractivity contribution in [1.82, 2.24) is 14.7 Å². The van der Waals surface area contributed by atoms with E-state index in [1.54, 1.807) is 33.8 Å². The van der Waals surface area contributed by atoms with E-state index in [0.29, 0.717) is 31.9 Å². The number of methoxy groups -OCH3 is 1. The van der Waals surface area contributed by atoms with Crippen LogP contribution in [0.4, 0.5) is 4.39 Å². The number of nitriles is 1. The van der Waals surface area contributed by atoms with E-state index in [2.05, 4.69) is 11.2 Å². The normalized spacial score (nSPS) is 12.8. The molecule has 4 rings (SSSR count). The zero-order valence-electron chi connectivity index (χ0n) is 17.3. The number of carbonyl (C=O) groups excluding carboxylic acids is 1. The van der Waals surface area contributed by atoms with Crippen LogP contribution in [-0.2, 0) is 13.0 Å². The van der Waals surface area contributed by atoms with Gasteiger partial charge in [0.25, 0.3) is 5.91 Å². The minimum absolute atomic E-state index is 0.214. The second kappa shape index (κ2) is 8.48. The first kappa shape index (κ1) is 20.4. The van der Waals surface area contributed by atoms with Crippen LogP contribution < -0.4 is 9.47 Å². The Labute approximate surface area is 179 Å². The number of benzene rings is 2. The fourth-order valence-corrected chi connectivity index (χ4v) is 3.71. The lowest BCUT2D eigenvalue weighted by Crippen LogP contribution is -2.36. The predicted octanol–water partition coefficient (Wildman–Crippen LogP) is 3.49. The van der Waals surface area contributed by atoms with Gasteiger partial charge >= 0.3 is 0 Å². The number of ether oxygens (including phenoxy) is 2. The van der Waals surface area contributed by atoms with Gasteiger partial charge in [-0.25, -0.2) is 9.07 Å². The molecule has 31 heavy (non-hydrogen) atoms. The van der Waals surface area contributed by atoms with E-state index in [0.717, 1.165) is 16.9 Å². The van der Waals surface area contributed by atoms with Gasteiger partial charge in [-0.05, 0) is 43.3 Å². The minimum Gasteiger partial charge on any atom is -0.494 e. The lowest BCUT2D eigenvalue weighted by molar-refractivity contribution is 0.0726. The molecule has 0 unspecified atom stereocenters. The monoisotopic (exact) mass is 420 g/mol. The smallest absolute Gasteiger partial charge is 0.261 e. The van der Waals surface area contributed by atoms with Crippen molar-refractivity contribution in [3.63, 3.8) is 0 Å². The van der Waals surface area contributed by atoms with E-state index in [9.17, 15) is 14.4 Å². The third kappa shape index (κ3) is 3.82. The van der Waals surface area contributed by atoms with Gasteiger partial charge in [0, 0.05) is 31.3 Å². The van der Waals surface area contributed by atoms with E-state index < -0.39 is 0 Å². The Hall–Kier alpha value is -3.86. The second-order valence-corrected chi connectivity index (χ2v) is 7.06. The summed E-state index contributed by atoms with van der Waals surface area (Å²) in [6.45, 7) is 3.04. The summed E-state index contributed by atoms with van der Waals surface area (Å²) in [6, 6.07) is 11.4. The van der Waals surface area contributed by atoms with E-state index in [-0.39, 0.29) is 28.6 Å². The lowest BCUT2D eigenvalue weighted by Gasteiger charge is -2.27. The van der Waals surface area contributed by atoms with E-state index >= 15 is 0 Å². The van der Waals surface area contributed by atoms with Crippen molar-refractivity contribution in [1.29, 1.82) is 5.26 Å². The molecule has 0 N–H and O–H groups in total. The first-order valence-electron chi connectivity index (χ1n) is 9.92. The number of nitrogens with zero attached hydrogens (tertiary/aromatic N) is 4. The fraction of sp³-hybridized carbons (Fsp3) is 0.261. The number of hydrogen-bond donors (Lipinski definition) is 0. The van der Waals surface area contributed by atoms with Crippen molar-refractivity contribution in [2.75, 3.05) is 20.3 Å². The Morgan fingerprint density at radius 1 is 1.26 bits per heavy atom. The van der Waals surface area contributed by atoms with Crippen LogP contribution in [0, 0.1) is 17.1 Å². The Morgan fingerprint density at radius 2 is 2.03 bits per heavy atom. The molecule has 3 aromatic rings. The molecule has 0 aliphatic carbocycles. The maximum Gasteiger partial charge on any atom is 0.261 e. The summed E-state index contributed by atoms with van der Waals surface area (Å²) in [5, 5.41) is 14.0. The standard InChI is InChI=1S/C23H21FN4O3/c1-3-31-20-9-4-15(12-25)22(30-2)21(20)23(29)27-11-10-19-16(13-27)14-28(26-19)18-7-5-17(24)6-8-18/h4-9,14H,3,10-11,13H2,1-2H3. The van der Waals surface area contributed by atoms with Gasteiger partial charge < -0.3 is 14.4 Å². The summed E-state index contributed by atoms with van der Waals surface area (Å²) in [5.74, 6) is 0.0241. The molecule has 158 valence electrons. The topological polar surface area (TPSA) is 80.4 Å². The average Bonchev–Trinajstić information content (AvgIpc) is 3.22. The number of halogens is 1. The Morgan fingerprint density at radius 3 is 2.71 bits per heavy atom. The number of aromatic nitrogens is 2. The van der Waals surface area contributed by atoms with Gasteiger partial charge in [0.2, 0.25) is 0 Å². The first-order valence-corrected chi connectivity index (χ1v) is 9.92. The van der Waals surface area contributed by atoms with Gasteiger partial charge in [0.1, 0.15) is 23.2 Å². The van der Waals surface area contributed by atoms with Crippen LogP contribution in [0.15, 0.2) is 42.6 Å². The third-order valence-corrected chi connectivity index (χ3v) is 5.19. The summed E-state index contributed by atoms with van der Waals surface area (Å²) in [7, 11) is 1.43. The second-order valence-electron chi connectivity index (χ2n) is 7.06. The summed E-state index contributed by atoms with van der Waals surface area (Å²) < 4.78 is 26.0. The van der Waals surface area contributed by atoms with Crippen molar-refractivity contribution < 1.29 is 18.7 Å². The van der Waals surface area contributed by atoms with Crippen LogP contribution >= 0.6 is 0 Å². The Bertz CT molecular complexity index is 1160. The van der Waals surface area contributed by atoms with Gasteiger partial charge in [-0.2, -0.15) is 10.4 Å². The summed E-state index contributed by atoms with van der Waals surface area (Å²) in [5.41, 5.74) is 3.08. The molecule has 1 aliphatic heterocycles. The minimum atomic E-state index is -0.309. The van der Waals surface area contributed by atoms with Gasteiger partial charge in [-0.1, -0.05) is 0 Å². The summed E-state index contributed by atoms with van der Waals surface area (Å²) in [6.07, 6.45) is 2.44. The van der Waals surface area contributed by atoms with Crippen molar-refractivity contribution >= 4 is 5.91 Å². The highest BCUT2D eigenvalue weighted by Gasteiger charge is 2.30. The molecule has 1 amide bonds. The van der Waals surface area contributed by atoms with E-state index in [4.69, 9.17) is 9.47 Å². The fourth-order valence-electron chi connectivity index (χ4n) is 3.71. The van der Waals surface area contributed by atoms with Crippen molar-refractivity contribution in [2.24, 2.45) is 0 Å². The molecule has 0 radical (unpaired) electrons. The molecule has 2 aromatic carbocycles. The zero-order chi connectivity index (χ0) is 22.0. The van der Waals surface area contributed by atoms with Gasteiger partial charge in [-0.3, -0.25) is 4.79 Å². The molecule has 0 saturated carbocycles. The molecule has 0 fully saturated rings. The van der Waals surface area contributed by atoms with E-state index in [1.165, 1.54) is 19.2 Å². The summed E-state index contributed by atoms with van der Waals surface area (Å²) >= 11 is 0. The largest absolute Gasteiger partial charge is 0.494 e. The SMILES string of the molecule is CCOc1ccc(C#N)c(OC)c1C(=O)N1CCc2nn(-c3ccc(F)cc3)cc2C1. The quantitative estimate of drug-likeness (QED) is 0.631. The third-order valence-electron chi connectivity index (χ3n) is 5.19. The highest BCUT2D eigenvalue weighted by Crippen LogP contribution is 2.34. The first-order chi connectivity index (χ1) is 15.0. The van der Waals surface area contributed by atoms with Crippen LogP contribution in [0.25, 0.3) is 5.69 Å². The maximum absolute atomic E-state index is 13.5. The van der Waals surface area contributed by atoms with Gasteiger partial charge in [0.15, 0.2) is 5.75 Å². The number of rotatable bonds is 5. The van der Waals surface area contributed by atoms with Crippen molar-refractivity contribution in [3.8, 4) is 23.3 Å². The summed E-state index contributed by atoms with van der Waals surface area (Å²) in [4.78, 5) is 15.1. The van der Waals surface area contributed by atoms with Crippen LogP contribution in [0.2, 0.25) is 0 Å². The molecular formula is C23H21FN4O3. The van der Waals surface area contributed by atoms with Crippen LogP contribution in [-0.4, -0.2) is 40.8 Å². The molecule has 8 heteroatoms. The van der Waals surface area contributed by atoms with Crippen LogP contribution in [0.3, 0.4) is 0 Å². The zero-order valence-corrected chi connectivity index (χ0v) is 17.3. The van der Waals surface area contributed by atoms with Crippen LogP contribution in [0.1, 0.15) is 34.1 Å². The molecule has 1 aromatic heterocycles. The lowest BCUT2D eigenvalue weighted by atomic mass is 10.0.